The highest BCUT2D eigenvalue weighted by molar-refractivity contribution is 5.91. The third kappa shape index (κ3) is 3.89. The molecule has 1 N–H and O–H groups in total. The van der Waals surface area contributed by atoms with Gasteiger partial charge in [0.2, 0.25) is 5.91 Å². The average Bonchev–Trinajstić information content (AvgIpc) is 2.42. The molecule has 0 saturated carbocycles. The summed E-state index contributed by atoms with van der Waals surface area (Å²) in [5.74, 6) is -0.145. The molecule has 1 aromatic carbocycles. The van der Waals surface area contributed by atoms with Crippen LogP contribution in [-0.2, 0) is 17.6 Å². The minimum absolute atomic E-state index is 0.145. The quantitative estimate of drug-likeness (QED) is 0.898. The molecule has 0 fully saturated rings. The molecule has 5 heteroatoms. The Morgan fingerprint density at radius 2 is 2.05 bits per heavy atom. The van der Waals surface area contributed by atoms with Crippen LogP contribution in [0.15, 0.2) is 42.9 Å². The monoisotopic (exact) mass is 252 g/mol. The van der Waals surface area contributed by atoms with Crippen LogP contribution in [0.4, 0.5) is 5.69 Å². The number of nitriles is 1. The van der Waals surface area contributed by atoms with Gasteiger partial charge in [0.15, 0.2) is 0 Å². The number of amides is 1. The van der Waals surface area contributed by atoms with Crippen molar-refractivity contribution in [2.45, 2.75) is 12.8 Å². The fraction of sp³-hybridized carbons (Fsp3) is 0.143. The Kier molecular flexibility index (Phi) is 4.19. The summed E-state index contributed by atoms with van der Waals surface area (Å²) in [7, 11) is 0. The zero-order chi connectivity index (χ0) is 13.5. The summed E-state index contributed by atoms with van der Waals surface area (Å²) in [4.78, 5) is 19.7. The van der Waals surface area contributed by atoms with E-state index >= 15 is 0 Å². The summed E-state index contributed by atoms with van der Waals surface area (Å²) < 4.78 is 0. The van der Waals surface area contributed by atoms with Gasteiger partial charge < -0.3 is 5.32 Å². The molecular weight excluding hydrogens is 240 g/mol. The molecule has 2 aromatic rings. The number of nitrogens with one attached hydrogen (secondary N) is 1. The number of carbonyl (C=O) groups is 1. The van der Waals surface area contributed by atoms with Crippen LogP contribution in [0, 0.1) is 11.3 Å². The van der Waals surface area contributed by atoms with E-state index in [4.69, 9.17) is 5.26 Å². The Balaban J connectivity index is 1.94. The van der Waals surface area contributed by atoms with Crippen molar-refractivity contribution in [1.82, 2.24) is 9.97 Å². The van der Waals surface area contributed by atoms with E-state index in [1.165, 1.54) is 0 Å². The Morgan fingerprint density at radius 3 is 2.68 bits per heavy atom. The third-order valence-electron chi connectivity index (χ3n) is 2.48. The van der Waals surface area contributed by atoms with E-state index in [0.717, 1.165) is 5.56 Å². The maximum Gasteiger partial charge on any atom is 0.230 e. The smallest absolute Gasteiger partial charge is 0.230 e. The predicted molar refractivity (Wildman–Crippen MR) is 70.1 cm³/mol. The van der Waals surface area contributed by atoms with Crippen molar-refractivity contribution in [3.05, 3.63) is 54.1 Å². The lowest BCUT2D eigenvalue weighted by atomic mass is 10.1. The summed E-state index contributed by atoms with van der Waals surface area (Å²) in [5.41, 5.74) is 2.26. The molecule has 0 aliphatic heterocycles. The van der Waals surface area contributed by atoms with Crippen molar-refractivity contribution in [3.63, 3.8) is 0 Å². The van der Waals surface area contributed by atoms with Gasteiger partial charge in [0.1, 0.15) is 0 Å². The molecule has 19 heavy (non-hydrogen) atoms. The minimum Gasteiger partial charge on any atom is -0.326 e. The van der Waals surface area contributed by atoms with E-state index in [0.29, 0.717) is 17.8 Å². The maximum atomic E-state index is 11.8. The van der Waals surface area contributed by atoms with Crippen molar-refractivity contribution in [3.8, 4) is 6.07 Å². The fourth-order valence-electron chi connectivity index (χ4n) is 1.59. The van der Waals surface area contributed by atoms with E-state index in [-0.39, 0.29) is 12.3 Å². The first-order valence-corrected chi connectivity index (χ1v) is 5.78. The Morgan fingerprint density at radius 1 is 1.26 bits per heavy atom. The number of rotatable bonds is 4. The molecule has 5 nitrogen and oxygen atoms in total. The van der Waals surface area contributed by atoms with Crippen LogP contribution in [-0.4, -0.2) is 15.9 Å². The van der Waals surface area contributed by atoms with E-state index in [1.54, 1.807) is 30.7 Å². The van der Waals surface area contributed by atoms with Gasteiger partial charge in [-0.15, -0.1) is 0 Å². The second-order valence-corrected chi connectivity index (χ2v) is 3.95. The van der Waals surface area contributed by atoms with Crippen LogP contribution >= 0.6 is 0 Å². The van der Waals surface area contributed by atoms with Crippen LogP contribution in [0.25, 0.3) is 0 Å². The molecule has 94 valence electrons. The fourth-order valence-corrected chi connectivity index (χ4v) is 1.59. The van der Waals surface area contributed by atoms with Crippen LogP contribution in [0.3, 0.4) is 0 Å². The molecule has 1 amide bonds. The van der Waals surface area contributed by atoms with Gasteiger partial charge in [-0.3, -0.25) is 14.8 Å². The highest BCUT2D eigenvalue weighted by Gasteiger charge is 2.05. The number of anilines is 1. The van der Waals surface area contributed by atoms with Gasteiger partial charge in [0.05, 0.1) is 24.6 Å². The van der Waals surface area contributed by atoms with Crippen LogP contribution in [0.5, 0.6) is 0 Å². The summed E-state index contributed by atoms with van der Waals surface area (Å²) in [5, 5.41) is 11.3. The van der Waals surface area contributed by atoms with E-state index in [2.05, 4.69) is 21.4 Å². The van der Waals surface area contributed by atoms with Crippen molar-refractivity contribution >= 4 is 11.6 Å². The third-order valence-corrected chi connectivity index (χ3v) is 2.48. The molecule has 0 atom stereocenters. The minimum atomic E-state index is -0.145. The summed E-state index contributed by atoms with van der Waals surface area (Å²) >= 11 is 0. The highest BCUT2D eigenvalue weighted by atomic mass is 16.1. The number of benzene rings is 1. The molecule has 0 aliphatic rings. The first-order valence-electron chi connectivity index (χ1n) is 5.78. The molecule has 1 aromatic heterocycles. The Hall–Kier alpha value is -2.74. The van der Waals surface area contributed by atoms with Crippen molar-refractivity contribution in [2.75, 3.05) is 5.32 Å². The molecule has 0 bridgehead atoms. The molecule has 1 heterocycles. The van der Waals surface area contributed by atoms with Gasteiger partial charge in [0, 0.05) is 24.3 Å². The largest absolute Gasteiger partial charge is 0.326 e. The van der Waals surface area contributed by atoms with Crippen LogP contribution in [0.2, 0.25) is 0 Å². The van der Waals surface area contributed by atoms with E-state index in [1.807, 2.05) is 12.1 Å². The first-order chi connectivity index (χ1) is 9.28. The maximum absolute atomic E-state index is 11.8. The number of aromatic nitrogens is 2. The van der Waals surface area contributed by atoms with Crippen molar-refractivity contribution < 1.29 is 4.79 Å². The van der Waals surface area contributed by atoms with Gasteiger partial charge in [-0.25, -0.2) is 0 Å². The van der Waals surface area contributed by atoms with Gasteiger partial charge in [0.25, 0.3) is 0 Å². The predicted octanol–water partition coefficient (Wildman–Crippen LogP) is 1.72. The Bertz CT molecular complexity index is 587. The van der Waals surface area contributed by atoms with Crippen LogP contribution in [0.1, 0.15) is 11.3 Å². The summed E-state index contributed by atoms with van der Waals surface area (Å²) in [6, 6.07) is 9.27. The van der Waals surface area contributed by atoms with Gasteiger partial charge in [-0.2, -0.15) is 5.26 Å². The lowest BCUT2D eigenvalue weighted by molar-refractivity contribution is -0.115. The van der Waals surface area contributed by atoms with Crippen molar-refractivity contribution in [1.29, 1.82) is 5.26 Å². The molecule has 0 radical (unpaired) electrons. The van der Waals surface area contributed by atoms with Crippen LogP contribution < -0.4 is 5.32 Å². The number of carbonyl (C=O) groups excluding carboxylic acids is 1. The molecule has 0 spiro atoms. The first kappa shape index (κ1) is 12.7. The van der Waals surface area contributed by atoms with Gasteiger partial charge in [-0.05, 0) is 17.7 Å². The van der Waals surface area contributed by atoms with E-state index in [9.17, 15) is 4.79 Å². The SMILES string of the molecule is N#CCc1ccc(NC(=O)Cc2cnccn2)cc1. The molecule has 0 aliphatic carbocycles. The lowest BCUT2D eigenvalue weighted by Crippen LogP contribution is -2.15. The molecule has 0 saturated heterocycles. The Labute approximate surface area is 110 Å². The van der Waals surface area contributed by atoms with Crippen molar-refractivity contribution in [2.24, 2.45) is 0 Å². The second-order valence-electron chi connectivity index (χ2n) is 3.95. The summed E-state index contributed by atoms with van der Waals surface area (Å²) in [6.45, 7) is 0. The highest BCUT2D eigenvalue weighted by Crippen LogP contribution is 2.10. The molecular formula is C14H12N4O. The van der Waals surface area contributed by atoms with Gasteiger partial charge in [-0.1, -0.05) is 12.1 Å². The van der Waals surface area contributed by atoms with E-state index < -0.39 is 0 Å². The second kappa shape index (κ2) is 6.26. The lowest BCUT2D eigenvalue weighted by Gasteiger charge is -2.05. The van der Waals surface area contributed by atoms with Gasteiger partial charge >= 0.3 is 0 Å². The number of nitrogens with zero attached hydrogens (tertiary/aromatic N) is 3. The standard InChI is InChI=1S/C14H12N4O/c15-6-5-11-1-3-12(4-2-11)18-14(19)9-13-10-16-7-8-17-13/h1-4,7-8,10H,5,9H2,(H,18,19). The zero-order valence-corrected chi connectivity index (χ0v) is 10.2. The zero-order valence-electron chi connectivity index (χ0n) is 10.2. The normalized spacial score (nSPS) is 9.63. The number of hydrogen-bond donors (Lipinski definition) is 1. The molecule has 0 unspecified atom stereocenters. The summed E-state index contributed by atoms with van der Waals surface area (Å²) in [6.07, 6.45) is 5.24. The average molecular weight is 252 g/mol. The molecule has 2 rings (SSSR count). The topological polar surface area (TPSA) is 78.7 Å². The number of hydrogen-bond acceptors (Lipinski definition) is 4.